The third-order valence-electron chi connectivity index (χ3n) is 2.59. The molecule has 92 valence electrons. The van der Waals surface area contributed by atoms with Gasteiger partial charge in [0.1, 0.15) is 9.84 Å². The molecule has 0 aromatic carbocycles. The standard InChI is InChI=1S/C9H16N2O3S2/c1-6(5-16(2,13)14)11-8(12)9(3-4-9)7(10)15/h6H,3-5H2,1-2H3,(H2,10,15)(H,11,12). The average Bonchev–Trinajstić information content (AvgIpc) is 2.78. The van der Waals surface area contributed by atoms with E-state index >= 15 is 0 Å². The molecule has 3 N–H and O–H groups in total. The van der Waals surface area contributed by atoms with Gasteiger partial charge in [0, 0.05) is 12.3 Å². The number of amides is 1. The summed E-state index contributed by atoms with van der Waals surface area (Å²) in [6.07, 6.45) is 2.44. The van der Waals surface area contributed by atoms with Crippen LogP contribution in [-0.2, 0) is 14.6 Å². The summed E-state index contributed by atoms with van der Waals surface area (Å²) >= 11 is 4.83. The zero-order valence-corrected chi connectivity index (χ0v) is 11.0. The largest absolute Gasteiger partial charge is 0.392 e. The minimum Gasteiger partial charge on any atom is -0.392 e. The maximum atomic E-state index is 11.8. The van der Waals surface area contributed by atoms with E-state index in [1.165, 1.54) is 0 Å². The fourth-order valence-electron chi connectivity index (χ4n) is 1.57. The van der Waals surface area contributed by atoms with Gasteiger partial charge >= 0.3 is 0 Å². The fraction of sp³-hybridized carbons (Fsp3) is 0.778. The topological polar surface area (TPSA) is 89.3 Å². The van der Waals surface area contributed by atoms with Crippen molar-refractivity contribution in [3.05, 3.63) is 0 Å². The van der Waals surface area contributed by atoms with Gasteiger partial charge in [-0.25, -0.2) is 8.42 Å². The highest BCUT2D eigenvalue weighted by Crippen LogP contribution is 2.46. The Labute approximate surface area is 101 Å². The molecule has 0 aromatic rings. The molecule has 1 unspecified atom stereocenters. The van der Waals surface area contributed by atoms with Gasteiger partial charge in [0.05, 0.1) is 16.2 Å². The zero-order valence-electron chi connectivity index (χ0n) is 9.32. The molecule has 0 bridgehead atoms. The number of sulfone groups is 1. The highest BCUT2D eigenvalue weighted by Gasteiger charge is 2.52. The first-order chi connectivity index (χ1) is 7.17. The van der Waals surface area contributed by atoms with Gasteiger partial charge in [-0.3, -0.25) is 4.79 Å². The number of hydrogen-bond acceptors (Lipinski definition) is 4. The van der Waals surface area contributed by atoms with Crippen molar-refractivity contribution in [2.45, 2.75) is 25.8 Å². The number of nitrogens with one attached hydrogen (secondary N) is 1. The van der Waals surface area contributed by atoms with Crippen LogP contribution in [0.3, 0.4) is 0 Å². The van der Waals surface area contributed by atoms with Crippen LogP contribution in [0.1, 0.15) is 19.8 Å². The van der Waals surface area contributed by atoms with Crippen molar-refractivity contribution in [2.24, 2.45) is 11.1 Å². The summed E-state index contributed by atoms with van der Waals surface area (Å²) in [6, 6.07) is -0.422. The lowest BCUT2D eigenvalue weighted by atomic mass is 10.1. The number of thiocarbonyl (C=S) groups is 1. The van der Waals surface area contributed by atoms with Crippen LogP contribution in [0.2, 0.25) is 0 Å². The molecular weight excluding hydrogens is 248 g/mol. The summed E-state index contributed by atoms with van der Waals surface area (Å²) in [5.74, 6) is -0.331. The molecule has 0 heterocycles. The lowest BCUT2D eigenvalue weighted by Crippen LogP contribution is -2.45. The first-order valence-electron chi connectivity index (χ1n) is 4.96. The van der Waals surface area contributed by atoms with E-state index in [9.17, 15) is 13.2 Å². The van der Waals surface area contributed by atoms with Crippen LogP contribution in [0.25, 0.3) is 0 Å². The summed E-state index contributed by atoms with van der Waals surface area (Å²) < 4.78 is 22.0. The second-order valence-corrected chi connectivity index (χ2v) is 7.04. The summed E-state index contributed by atoms with van der Waals surface area (Å²) in [7, 11) is -3.09. The Bertz CT molecular complexity index is 412. The SMILES string of the molecule is CC(CS(C)(=O)=O)NC(=O)C1(C(N)=S)CC1. The number of carbonyl (C=O) groups is 1. The van der Waals surface area contributed by atoms with Crippen molar-refractivity contribution in [1.29, 1.82) is 0 Å². The summed E-state index contributed by atoms with van der Waals surface area (Å²) in [6.45, 7) is 1.65. The van der Waals surface area contributed by atoms with Crippen LogP contribution in [-0.4, -0.2) is 37.4 Å². The molecule has 0 aliphatic heterocycles. The molecule has 0 aromatic heterocycles. The first kappa shape index (κ1) is 13.4. The lowest BCUT2D eigenvalue weighted by molar-refractivity contribution is -0.124. The van der Waals surface area contributed by atoms with E-state index < -0.39 is 21.3 Å². The molecule has 5 nitrogen and oxygen atoms in total. The number of hydrogen-bond donors (Lipinski definition) is 2. The molecule has 0 radical (unpaired) electrons. The van der Waals surface area contributed by atoms with Gasteiger partial charge < -0.3 is 11.1 Å². The van der Waals surface area contributed by atoms with E-state index in [-0.39, 0.29) is 16.6 Å². The Hall–Kier alpha value is -0.690. The molecule has 1 rings (SSSR count). The smallest absolute Gasteiger partial charge is 0.233 e. The molecule has 7 heteroatoms. The van der Waals surface area contributed by atoms with Gasteiger partial charge in [0.2, 0.25) is 5.91 Å². The van der Waals surface area contributed by atoms with Crippen molar-refractivity contribution in [1.82, 2.24) is 5.32 Å². The van der Waals surface area contributed by atoms with E-state index in [0.717, 1.165) is 6.26 Å². The van der Waals surface area contributed by atoms with E-state index in [1.807, 2.05) is 0 Å². The van der Waals surface area contributed by atoms with E-state index in [4.69, 9.17) is 18.0 Å². The Balaban J connectivity index is 2.56. The molecule has 1 aliphatic rings. The Kier molecular flexibility index (Phi) is 3.59. The molecule has 1 amide bonds. The average molecular weight is 264 g/mol. The summed E-state index contributed by atoms with van der Waals surface area (Å²) in [4.78, 5) is 12.0. The number of nitrogens with two attached hydrogens (primary N) is 1. The molecule has 1 aliphatic carbocycles. The van der Waals surface area contributed by atoms with Crippen molar-refractivity contribution >= 4 is 33.0 Å². The Morgan fingerprint density at radius 2 is 2.06 bits per heavy atom. The quantitative estimate of drug-likeness (QED) is 0.660. The van der Waals surface area contributed by atoms with Gasteiger partial charge in [-0.15, -0.1) is 0 Å². The summed E-state index contributed by atoms with van der Waals surface area (Å²) in [5, 5.41) is 2.63. The second kappa shape index (κ2) is 4.29. The van der Waals surface area contributed by atoms with Gasteiger partial charge in [0.15, 0.2) is 0 Å². The van der Waals surface area contributed by atoms with Crippen molar-refractivity contribution in [3.8, 4) is 0 Å². The normalized spacial score (nSPS) is 19.9. The number of carbonyl (C=O) groups excluding carboxylic acids is 1. The summed E-state index contributed by atoms with van der Waals surface area (Å²) in [5.41, 5.74) is 4.77. The number of rotatable bonds is 5. The zero-order chi connectivity index (χ0) is 12.6. The van der Waals surface area contributed by atoms with Gasteiger partial charge in [-0.05, 0) is 19.8 Å². The Morgan fingerprint density at radius 3 is 2.38 bits per heavy atom. The maximum absolute atomic E-state index is 11.8. The van der Waals surface area contributed by atoms with Gasteiger partial charge in [-0.1, -0.05) is 12.2 Å². The molecule has 0 saturated heterocycles. The van der Waals surface area contributed by atoms with Crippen LogP contribution in [0.5, 0.6) is 0 Å². The second-order valence-electron chi connectivity index (χ2n) is 4.41. The van der Waals surface area contributed by atoms with Crippen molar-refractivity contribution in [2.75, 3.05) is 12.0 Å². The predicted octanol–water partition coefficient (Wildman–Crippen LogP) is -0.398. The van der Waals surface area contributed by atoms with Gasteiger partial charge in [-0.2, -0.15) is 0 Å². The van der Waals surface area contributed by atoms with Gasteiger partial charge in [0.25, 0.3) is 0 Å². The minimum atomic E-state index is -3.09. The van der Waals surface area contributed by atoms with E-state index in [2.05, 4.69) is 5.32 Å². The molecule has 1 atom stereocenters. The third-order valence-corrected chi connectivity index (χ3v) is 4.08. The van der Waals surface area contributed by atoms with Crippen LogP contribution in [0.4, 0.5) is 0 Å². The van der Waals surface area contributed by atoms with Crippen molar-refractivity contribution in [3.63, 3.8) is 0 Å². The van der Waals surface area contributed by atoms with Crippen molar-refractivity contribution < 1.29 is 13.2 Å². The molecule has 0 spiro atoms. The highest BCUT2D eigenvalue weighted by atomic mass is 32.2. The molecular formula is C9H16N2O3S2. The maximum Gasteiger partial charge on any atom is 0.233 e. The lowest BCUT2D eigenvalue weighted by Gasteiger charge is -2.18. The Morgan fingerprint density at radius 1 is 1.56 bits per heavy atom. The van der Waals surface area contributed by atoms with Crippen LogP contribution in [0.15, 0.2) is 0 Å². The molecule has 1 fully saturated rings. The highest BCUT2D eigenvalue weighted by molar-refractivity contribution is 7.90. The minimum absolute atomic E-state index is 0.0772. The molecule has 1 saturated carbocycles. The first-order valence-corrected chi connectivity index (χ1v) is 7.43. The van der Waals surface area contributed by atoms with E-state index in [0.29, 0.717) is 12.8 Å². The monoisotopic (exact) mass is 264 g/mol. The van der Waals surface area contributed by atoms with E-state index in [1.54, 1.807) is 6.92 Å². The van der Waals surface area contributed by atoms with Crippen LogP contribution in [0, 0.1) is 5.41 Å². The fourth-order valence-corrected chi connectivity index (χ4v) is 2.86. The van der Waals surface area contributed by atoms with Crippen LogP contribution < -0.4 is 11.1 Å². The molecule has 16 heavy (non-hydrogen) atoms. The van der Waals surface area contributed by atoms with Crippen LogP contribution >= 0.6 is 12.2 Å². The predicted molar refractivity (Wildman–Crippen MR) is 65.8 cm³/mol. The third kappa shape index (κ3) is 3.15.